The second-order valence-electron chi connectivity index (χ2n) is 6.40. The number of benzene rings is 2. The van der Waals surface area contributed by atoms with Gasteiger partial charge in [-0.25, -0.2) is 4.98 Å². The Hall–Kier alpha value is -3.00. The molecule has 1 heterocycles. The van der Waals surface area contributed by atoms with Gasteiger partial charge >= 0.3 is 6.18 Å². The van der Waals surface area contributed by atoms with Crippen LogP contribution in [-0.2, 0) is 6.18 Å². The van der Waals surface area contributed by atoms with Gasteiger partial charge in [0, 0.05) is 22.6 Å². The Balaban J connectivity index is 1.87. The first-order chi connectivity index (χ1) is 13.7. The molecule has 0 spiro atoms. The van der Waals surface area contributed by atoms with Gasteiger partial charge in [0.2, 0.25) is 5.95 Å². The van der Waals surface area contributed by atoms with Crippen LogP contribution in [0.3, 0.4) is 0 Å². The number of aromatic nitrogens is 2. The predicted molar refractivity (Wildman–Crippen MR) is 107 cm³/mol. The van der Waals surface area contributed by atoms with E-state index in [4.69, 9.17) is 16.3 Å². The third-order valence-electron chi connectivity index (χ3n) is 3.68. The summed E-state index contributed by atoms with van der Waals surface area (Å²) in [5.74, 6) is 0.276. The number of nitrogens with one attached hydrogen (secondary N) is 2. The summed E-state index contributed by atoms with van der Waals surface area (Å²) in [6, 6.07) is 13.2. The zero-order valence-electron chi connectivity index (χ0n) is 15.6. The van der Waals surface area contributed by atoms with Crippen LogP contribution in [-0.4, -0.2) is 16.1 Å². The Bertz CT molecular complexity index is 961. The Labute approximate surface area is 170 Å². The van der Waals surface area contributed by atoms with Crippen molar-refractivity contribution in [1.29, 1.82) is 0 Å². The van der Waals surface area contributed by atoms with E-state index < -0.39 is 11.7 Å². The van der Waals surface area contributed by atoms with Crippen LogP contribution in [0.15, 0.2) is 54.7 Å². The highest BCUT2D eigenvalue weighted by atomic mass is 35.5. The Kier molecular flexibility index (Phi) is 6.12. The van der Waals surface area contributed by atoms with Crippen LogP contribution in [0, 0.1) is 0 Å². The van der Waals surface area contributed by atoms with Gasteiger partial charge in [0.05, 0.1) is 6.10 Å². The molecule has 5 nitrogen and oxygen atoms in total. The normalized spacial score (nSPS) is 11.4. The summed E-state index contributed by atoms with van der Waals surface area (Å²) in [6.07, 6.45) is -3.87. The van der Waals surface area contributed by atoms with E-state index in [2.05, 4.69) is 20.6 Å². The van der Waals surface area contributed by atoms with Crippen molar-refractivity contribution in [2.24, 2.45) is 0 Å². The molecule has 0 aliphatic rings. The van der Waals surface area contributed by atoms with E-state index in [1.165, 1.54) is 0 Å². The summed E-state index contributed by atoms with van der Waals surface area (Å²) in [5.41, 5.74) is 0.0553. The van der Waals surface area contributed by atoms with Crippen molar-refractivity contribution in [2.45, 2.75) is 26.1 Å². The largest absolute Gasteiger partial charge is 0.491 e. The number of rotatable bonds is 6. The minimum atomic E-state index is -4.61. The van der Waals surface area contributed by atoms with Crippen LogP contribution in [0.5, 0.6) is 5.75 Å². The maximum atomic E-state index is 13.4. The monoisotopic (exact) mass is 422 g/mol. The second-order valence-corrected chi connectivity index (χ2v) is 6.84. The topological polar surface area (TPSA) is 59.1 Å². The molecule has 152 valence electrons. The molecule has 0 saturated carbocycles. The lowest BCUT2D eigenvalue weighted by Gasteiger charge is -2.15. The highest BCUT2D eigenvalue weighted by Gasteiger charge is 2.35. The molecular formula is C20H18ClF3N4O. The SMILES string of the molecule is CC(C)Oc1ccc(Nc2nc(Nc3ccc(Cl)cc3)ncc2C(F)(F)F)cc1. The van der Waals surface area contributed by atoms with E-state index in [0.29, 0.717) is 22.1 Å². The molecule has 0 atom stereocenters. The van der Waals surface area contributed by atoms with Crippen molar-refractivity contribution in [3.05, 3.63) is 65.3 Å². The van der Waals surface area contributed by atoms with Crippen LogP contribution in [0.2, 0.25) is 5.02 Å². The number of nitrogens with zero attached hydrogens (tertiary/aromatic N) is 2. The fourth-order valence-corrected chi connectivity index (χ4v) is 2.56. The molecule has 0 fully saturated rings. The van der Waals surface area contributed by atoms with E-state index in [9.17, 15) is 13.2 Å². The molecule has 3 aromatic rings. The fourth-order valence-electron chi connectivity index (χ4n) is 2.43. The quantitative estimate of drug-likeness (QED) is 0.479. The third-order valence-corrected chi connectivity index (χ3v) is 3.94. The number of halogens is 4. The lowest BCUT2D eigenvalue weighted by molar-refractivity contribution is -0.137. The lowest BCUT2D eigenvalue weighted by Crippen LogP contribution is -2.12. The highest BCUT2D eigenvalue weighted by molar-refractivity contribution is 6.30. The summed E-state index contributed by atoms with van der Waals surface area (Å²) in [4.78, 5) is 7.78. The van der Waals surface area contributed by atoms with E-state index in [0.717, 1.165) is 6.20 Å². The molecule has 29 heavy (non-hydrogen) atoms. The summed E-state index contributed by atoms with van der Waals surface area (Å²) in [6.45, 7) is 3.77. The van der Waals surface area contributed by atoms with Gasteiger partial charge in [-0.3, -0.25) is 0 Å². The molecule has 0 unspecified atom stereocenters. The molecule has 0 aliphatic heterocycles. The standard InChI is InChI=1S/C20H18ClF3N4O/c1-12(2)29-16-9-7-14(8-10-16)26-18-17(20(22,23)24)11-25-19(28-18)27-15-5-3-13(21)4-6-15/h3-12H,1-2H3,(H2,25,26,27,28). The Morgan fingerprint density at radius 3 is 2.10 bits per heavy atom. The molecule has 0 amide bonds. The molecule has 3 rings (SSSR count). The first kappa shape index (κ1) is 20.7. The van der Waals surface area contributed by atoms with Crippen molar-refractivity contribution in [3.63, 3.8) is 0 Å². The molecular weight excluding hydrogens is 405 g/mol. The predicted octanol–water partition coefficient (Wildman–Crippen LogP) is 6.42. The van der Waals surface area contributed by atoms with Crippen LogP contribution in [0.25, 0.3) is 0 Å². The average Bonchev–Trinajstić information content (AvgIpc) is 2.64. The molecule has 2 N–H and O–H groups in total. The molecule has 1 aromatic heterocycles. The number of alkyl halides is 3. The number of hydrogen-bond donors (Lipinski definition) is 2. The first-order valence-corrected chi connectivity index (χ1v) is 9.09. The fraction of sp³-hybridized carbons (Fsp3) is 0.200. The molecule has 0 saturated heterocycles. The number of hydrogen-bond acceptors (Lipinski definition) is 5. The van der Waals surface area contributed by atoms with Gasteiger partial charge in [-0.05, 0) is 62.4 Å². The molecule has 0 aliphatic carbocycles. The van der Waals surface area contributed by atoms with Crippen LogP contribution >= 0.6 is 11.6 Å². The molecule has 9 heteroatoms. The highest BCUT2D eigenvalue weighted by Crippen LogP contribution is 2.35. The van der Waals surface area contributed by atoms with E-state index >= 15 is 0 Å². The van der Waals surface area contributed by atoms with Crippen molar-refractivity contribution in [3.8, 4) is 5.75 Å². The van der Waals surface area contributed by atoms with Gasteiger partial charge in [0.1, 0.15) is 17.1 Å². The van der Waals surface area contributed by atoms with Gasteiger partial charge in [-0.2, -0.15) is 18.2 Å². The van der Waals surface area contributed by atoms with Crippen molar-refractivity contribution in [2.75, 3.05) is 10.6 Å². The number of ether oxygens (including phenoxy) is 1. The van der Waals surface area contributed by atoms with Gasteiger partial charge in [-0.1, -0.05) is 11.6 Å². The summed E-state index contributed by atoms with van der Waals surface area (Å²) < 4.78 is 45.7. The van der Waals surface area contributed by atoms with Crippen LogP contribution < -0.4 is 15.4 Å². The first-order valence-electron chi connectivity index (χ1n) is 8.71. The zero-order valence-corrected chi connectivity index (χ0v) is 16.3. The van der Waals surface area contributed by atoms with E-state index in [1.54, 1.807) is 48.5 Å². The van der Waals surface area contributed by atoms with Crippen molar-refractivity contribution in [1.82, 2.24) is 9.97 Å². The Morgan fingerprint density at radius 1 is 0.931 bits per heavy atom. The zero-order chi connectivity index (χ0) is 21.0. The maximum absolute atomic E-state index is 13.4. The van der Waals surface area contributed by atoms with Crippen LogP contribution in [0.1, 0.15) is 19.4 Å². The minimum absolute atomic E-state index is 0.00555. The van der Waals surface area contributed by atoms with Crippen molar-refractivity contribution < 1.29 is 17.9 Å². The molecule has 2 aromatic carbocycles. The van der Waals surface area contributed by atoms with Gasteiger partial charge in [0.15, 0.2) is 0 Å². The summed E-state index contributed by atoms with van der Waals surface area (Å²) in [5, 5.41) is 6.10. The summed E-state index contributed by atoms with van der Waals surface area (Å²) >= 11 is 5.84. The average molecular weight is 423 g/mol. The summed E-state index contributed by atoms with van der Waals surface area (Å²) in [7, 11) is 0. The lowest BCUT2D eigenvalue weighted by atomic mass is 10.2. The van der Waals surface area contributed by atoms with Gasteiger partial charge in [0.25, 0.3) is 0 Å². The van der Waals surface area contributed by atoms with Gasteiger partial charge in [-0.15, -0.1) is 0 Å². The maximum Gasteiger partial charge on any atom is 0.421 e. The van der Waals surface area contributed by atoms with Crippen LogP contribution in [0.4, 0.5) is 36.3 Å². The smallest absolute Gasteiger partial charge is 0.421 e. The van der Waals surface area contributed by atoms with Gasteiger partial charge < -0.3 is 15.4 Å². The molecule has 0 bridgehead atoms. The molecule has 0 radical (unpaired) electrons. The Morgan fingerprint density at radius 2 is 1.52 bits per heavy atom. The number of anilines is 4. The van der Waals surface area contributed by atoms with E-state index in [1.807, 2.05) is 13.8 Å². The minimum Gasteiger partial charge on any atom is -0.491 e. The third kappa shape index (κ3) is 5.74. The van der Waals surface area contributed by atoms with E-state index in [-0.39, 0.29) is 17.9 Å². The second kappa shape index (κ2) is 8.57. The van der Waals surface area contributed by atoms with Crippen molar-refractivity contribution >= 4 is 34.7 Å².